The van der Waals surface area contributed by atoms with Crippen LogP contribution in [0.15, 0.2) is 0 Å². The van der Waals surface area contributed by atoms with Crippen LogP contribution in [-0.4, -0.2) is 29.6 Å². The molecule has 0 saturated carbocycles. The Morgan fingerprint density at radius 3 is 2.14 bits per heavy atom. The SMILES string of the molecule is CC(C)NC(CCO)C(=O)C(C)(C)C. The van der Waals surface area contributed by atoms with Crippen molar-refractivity contribution in [1.82, 2.24) is 5.32 Å². The van der Waals surface area contributed by atoms with E-state index in [2.05, 4.69) is 5.32 Å². The van der Waals surface area contributed by atoms with Crippen molar-refractivity contribution in [3.05, 3.63) is 0 Å². The third-order valence-corrected chi connectivity index (χ3v) is 2.01. The lowest BCUT2D eigenvalue weighted by molar-refractivity contribution is -0.129. The van der Waals surface area contributed by atoms with Crippen molar-refractivity contribution in [2.45, 2.75) is 53.1 Å². The lowest BCUT2D eigenvalue weighted by Gasteiger charge is -2.26. The monoisotopic (exact) mass is 201 g/mol. The maximum atomic E-state index is 11.9. The molecule has 1 atom stereocenters. The zero-order valence-electron chi connectivity index (χ0n) is 9.92. The topological polar surface area (TPSA) is 49.3 Å². The van der Waals surface area contributed by atoms with Crippen LogP contribution < -0.4 is 5.32 Å². The van der Waals surface area contributed by atoms with Gasteiger partial charge >= 0.3 is 0 Å². The first-order valence-electron chi connectivity index (χ1n) is 5.20. The molecule has 1 unspecified atom stereocenters. The van der Waals surface area contributed by atoms with E-state index in [4.69, 9.17) is 5.11 Å². The van der Waals surface area contributed by atoms with Crippen LogP contribution in [-0.2, 0) is 4.79 Å². The number of hydrogen-bond donors (Lipinski definition) is 2. The normalized spacial score (nSPS) is 14.5. The van der Waals surface area contributed by atoms with Crippen LogP contribution in [0.25, 0.3) is 0 Å². The molecule has 0 aromatic rings. The molecule has 0 aliphatic heterocycles. The Morgan fingerprint density at radius 1 is 1.36 bits per heavy atom. The van der Waals surface area contributed by atoms with E-state index in [1.165, 1.54) is 0 Å². The zero-order chi connectivity index (χ0) is 11.4. The predicted octanol–water partition coefficient (Wildman–Crippen LogP) is 1.35. The Kier molecular flexibility index (Phi) is 5.31. The van der Waals surface area contributed by atoms with Crippen molar-refractivity contribution >= 4 is 5.78 Å². The number of Topliss-reactive ketones (excluding diaryl/α,β-unsaturated/α-hetero) is 1. The maximum absolute atomic E-state index is 11.9. The Morgan fingerprint density at radius 2 is 1.86 bits per heavy atom. The number of ketones is 1. The minimum absolute atomic E-state index is 0.0478. The lowest BCUT2D eigenvalue weighted by atomic mass is 9.85. The molecule has 14 heavy (non-hydrogen) atoms. The summed E-state index contributed by atoms with van der Waals surface area (Å²) < 4.78 is 0. The van der Waals surface area contributed by atoms with Crippen LogP contribution in [0.3, 0.4) is 0 Å². The first-order chi connectivity index (χ1) is 6.29. The Hall–Kier alpha value is -0.410. The highest BCUT2D eigenvalue weighted by Crippen LogP contribution is 2.18. The Labute approximate surface area is 86.9 Å². The van der Waals surface area contributed by atoms with E-state index in [0.717, 1.165) is 0 Å². The number of carbonyl (C=O) groups excluding carboxylic acids is 1. The van der Waals surface area contributed by atoms with Gasteiger partial charge in [-0.25, -0.2) is 0 Å². The van der Waals surface area contributed by atoms with Gasteiger partial charge in [0.05, 0.1) is 6.04 Å². The number of hydrogen-bond acceptors (Lipinski definition) is 3. The molecular weight excluding hydrogens is 178 g/mol. The largest absolute Gasteiger partial charge is 0.396 e. The van der Waals surface area contributed by atoms with Crippen molar-refractivity contribution in [3.8, 4) is 0 Å². The average Bonchev–Trinajstić information content (AvgIpc) is 2.00. The summed E-state index contributed by atoms with van der Waals surface area (Å²) in [5.74, 6) is 0.167. The molecular formula is C11H23NO2. The molecule has 0 fully saturated rings. The molecule has 0 saturated heterocycles. The molecule has 84 valence electrons. The molecule has 3 nitrogen and oxygen atoms in total. The second kappa shape index (κ2) is 5.47. The molecule has 0 aliphatic rings. The minimum atomic E-state index is -0.346. The molecule has 2 N–H and O–H groups in total. The standard InChI is InChI=1S/C11H23NO2/c1-8(2)12-9(6-7-13)10(14)11(3,4)5/h8-9,12-13H,6-7H2,1-5H3. The van der Waals surface area contributed by atoms with Gasteiger partial charge < -0.3 is 10.4 Å². The highest BCUT2D eigenvalue weighted by atomic mass is 16.3. The predicted molar refractivity (Wildman–Crippen MR) is 58.2 cm³/mol. The molecule has 0 aromatic heterocycles. The van der Waals surface area contributed by atoms with Crippen LogP contribution >= 0.6 is 0 Å². The van der Waals surface area contributed by atoms with E-state index in [9.17, 15) is 4.79 Å². The van der Waals surface area contributed by atoms with E-state index in [0.29, 0.717) is 6.42 Å². The summed E-state index contributed by atoms with van der Waals surface area (Å²) in [6, 6.07) is 0.0397. The van der Waals surface area contributed by atoms with E-state index in [1.807, 2.05) is 34.6 Å². The molecule has 0 bridgehead atoms. The van der Waals surface area contributed by atoms with E-state index >= 15 is 0 Å². The van der Waals surface area contributed by atoms with Gasteiger partial charge in [0.15, 0.2) is 5.78 Å². The van der Waals surface area contributed by atoms with E-state index in [1.54, 1.807) is 0 Å². The van der Waals surface area contributed by atoms with E-state index < -0.39 is 0 Å². The molecule has 0 amide bonds. The zero-order valence-corrected chi connectivity index (χ0v) is 9.92. The van der Waals surface area contributed by atoms with Crippen LogP contribution in [0.1, 0.15) is 41.0 Å². The van der Waals surface area contributed by atoms with Gasteiger partial charge in [0.25, 0.3) is 0 Å². The summed E-state index contributed by atoms with van der Waals surface area (Å²) in [6.07, 6.45) is 0.494. The number of aliphatic hydroxyl groups excluding tert-OH is 1. The molecule has 0 aliphatic carbocycles. The second-order valence-corrected chi connectivity index (χ2v) is 5.00. The average molecular weight is 201 g/mol. The highest BCUT2D eigenvalue weighted by molar-refractivity contribution is 5.88. The fraction of sp³-hybridized carbons (Fsp3) is 0.909. The van der Waals surface area contributed by atoms with E-state index in [-0.39, 0.29) is 29.9 Å². The fourth-order valence-corrected chi connectivity index (χ4v) is 1.34. The summed E-state index contributed by atoms with van der Waals surface area (Å²) in [7, 11) is 0. The van der Waals surface area contributed by atoms with Crippen molar-refractivity contribution in [3.63, 3.8) is 0 Å². The van der Waals surface area contributed by atoms with Gasteiger partial charge in [-0.3, -0.25) is 4.79 Å². The third-order valence-electron chi connectivity index (χ3n) is 2.01. The van der Waals surface area contributed by atoms with Crippen LogP contribution in [0.4, 0.5) is 0 Å². The summed E-state index contributed by atoms with van der Waals surface area (Å²) in [5, 5.41) is 12.0. The molecule has 3 heteroatoms. The highest BCUT2D eigenvalue weighted by Gasteiger charge is 2.29. The molecule has 0 aromatic carbocycles. The lowest BCUT2D eigenvalue weighted by Crippen LogP contribution is -2.46. The number of rotatable bonds is 5. The molecule has 0 spiro atoms. The van der Waals surface area contributed by atoms with Crippen LogP contribution in [0, 0.1) is 5.41 Å². The molecule has 0 heterocycles. The molecule has 0 radical (unpaired) electrons. The van der Waals surface area contributed by atoms with Gasteiger partial charge in [-0.1, -0.05) is 34.6 Å². The number of carbonyl (C=O) groups is 1. The second-order valence-electron chi connectivity index (χ2n) is 5.00. The fourth-order valence-electron chi connectivity index (χ4n) is 1.34. The van der Waals surface area contributed by atoms with Crippen LogP contribution in [0.5, 0.6) is 0 Å². The van der Waals surface area contributed by atoms with Gasteiger partial charge in [-0.15, -0.1) is 0 Å². The smallest absolute Gasteiger partial charge is 0.155 e. The molecule has 0 rings (SSSR count). The number of aliphatic hydroxyl groups is 1. The van der Waals surface area contributed by atoms with Gasteiger partial charge in [0.2, 0.25) is 0 Å². The first kappa shape index (κ1) is 13.6. The van der Waals surface area contributed by atoms with Gasteiger partial charge in [0, 0.05) is 18.1 Å². The summed E-state index contributed by atoms with van der Waals surface area (Å²) in [6.45, 7) is 9.76. The summed E-state index contributed by atoms with van der Waals surface area (Å²) >= 11 is 0. The van der Waals surface area contributed by atoms with Gasteiger partial charge in [-0.05, 0) is 6.42 Å². The minimum Gasteiger partial charge on any atom is -0.396 e. The first-order valence-corrected chi connectivity index (χ1v) is 5.20. The van der Waals surface area contributed by atoms with Gasteiger partial charge in [-0.2, -0.15) is 0 Å². The summed E-state index contributed by atoms with van der Waals surface area (Å²) in [4.78, 5) is 11.9. The van der Waals surface area contributed by atoms with Gasteiger partial charge in [0.1, 0.15) is 0 Å². The van der Waals surface area contributed by atoms with Crippen LogP contribution in [0.2, 0.25) is 0 Å². The summed E-state index contributed by atoms with van der Waals surface area (Å²) in [5.41, 5.74) is -0.346. The quantitative estimate of drug-likeness (QED) is 0.706. The third kappa shape index (κ3) is 4.72. The maximum Gasteiger partial charge on any atom is 0.155 e. The van der Waals surface area contributed by atoms with Crippen molar-refractivity contribution in [2.24, 2.45) is 5.41 Å². The van der Waals surface area contributed by atoms with Crippen molar-refractivity contribution in [2.75, 3.05) is 6.61 Å². The van der Waals surface area contributed by atoms with Crippen molar-refractivity contribution in [1.29, 1.82) is 0 Å². The number of nitrogens with one attached hydrogen (secondary N) is 1. The Bertz CT molecular complexity index is 182. The van der Waals surface area contributed by atoms with Crippen molar-refractivity contribution < 1.29 is 9.90 Å². The Balaban J connectivity index is 4.41.